The topological polar surface area (TPSA) is 82.1 Å². The van der Waals surface area contributed by atoms with E-state index in [1.807, 2.05) is 50.2 Å². The number of aryl methyl sites for hydroxylation is 2. The molecule has 8 heteroatoms. The first kappa shape index (κ1) is 26.0. The minimum Gasteiger partial charge on any atom is -0.372 e. The monoisotopic (exact) mass is 492 g/mol. The maximum Gasteiger partial charge on any atom is 0.264 e. The van der Waals surface area contributed by atoms with E-state index >= 15 is 0 Å². The van der Waals surface area contributed by atoms with Crippen molar-refractivity contribution >= 4 is 33.5 Å². The van der Waals surface area contributed by atoms with Gasteiger partial charge in [0.25, 0.3) is 15.9 Å². The Hall–Kier alpha value is -3.65. The van der Waals surface area contributed by atoms with Gasteiger partial charge in [-0.25, -0.2) is 13.8 Å². The maximum atomic E-state index is 13.4. The van der Waals surface area contributed by atoms with Crippen molar-refractivity contribution in [2.75, 3.05) is 28.8 Å². The van der Waals surface area contributed by atoms with Gasteiger partial charge >= 0.3 is 0 Å². The van der Waals surface area contributed by atoms with Crippen LogP contribution in [0.4, 0.5) is 11.4 Å². The van der Waals surface area contributed by atoms with Crippen molar-refractivity contribution in [3.8, 4) is 0 Å². The second-order valence-electron chi connectivity index (χ2n) is 8.22. The predicted octanol–water partition coefficient (Wildman–Crippen LogP) is 4.50. The van der Waals surface area contributed by atoms with E-state index in [9.17, 15) is 13.2 Å². The number of carbonyl (C=O) groups excluding carboxylic acids is 1. The molecule has 0 radical (unpaired) electrons. The molecular formula is C27H32N4O3S. The molecule has 0 saturated carbocycles. The van der Waals surface area contributed by atoms with Gasteiger partial charge in [0.1, 0.15) is 6.54 Å². The number of benzene rings is 3. The van der Waals surface area contributed by atoms with Gasteiger partial charge in [0.05, 0.1) is 16.8 Å². The van der Waals surface area contributed by atoms with Crippen LogP contribution in [0, 0.1) is 13.8 Å². The first-order valence-corrected chi connectivity index (χ1v) is 13.0. The molecule has 0 aromatic heterocycles. The molecule has 3 aromatic rings. The summed E-state index contributed by atoms with van der Waals surface area (Å²) in [6.45, 7) is 9.44. The minimum atomic E-state index is -3.96. The Labute approximate surface area is 208 Å². The molecule has 0 heterocycles. The third kappa shape index (κ3) is 6.70. The minimum absolute atomic E-state index is 0.119. The fraction of sp³-hybridized carbons (Fsp3) is 0.259. The quantitative estimate of drug-likeness (QED) is 0.334. The molecule has 1 amide bonds. The third-order valence-corrected chi connectivity index (χ3v) is 7.43. The van der Waals surface area contributed by atoms with Crippen LogP contribution in [0.1, 0.15) is 30.5 Å². The molecular weight excluding hydrogens is 460 g/mol. The van der Waals surface area contributed by atoms with Gasteiger partial charge < -0.3 is 4.90 Å². The summed E-state index contributed by atoms with van der Waals surface area (Å²) >= 11 is 0. The summed E-state index contributed by atoms with van der Waals surface area (Å²) in [5.74, 6) is -0.544. The summed E-state index contributed by atoms with van der Waals surface area (Å²) in [5.41, 5.74) is 6.73. The Morgan fingerprint density at radius 1 is 0.829 bits per heavy atom. The van der Waals surface area contributed by atoms with Crippen molar-refractivity contribution in [1.82, 2.24) is 5.43 Å². The van der Waals surface area contributed by atoms with Crippen LogP contribution in [0.3, 0.4) is 0 Å². The highest BCUT2D eigenvalue weighted by Crippen LogP contribution is 2.24. The standard InChI is InChI=1S/C27H32N4O3S/c1-5-30(6-2)24-15-11-23(12-16-24)19-28-29-27(32)20-31(25-13-7-21(3)8-14-25)35(33,34)26-17-9-22(4)10-18-26/h7-19H,5-6,20H2,1-4H3,(H,29,32)/b28-19-. The number of carbonyl (C=O) groups is 1. The van der Waals surface area contributed by atoms with Gasteiger partial charge in [0, 0.05) is 18.8 Å². The summed E-state index contributed by atoms with van der Waals surface area (Å²) < 4.78 is 27.9. The van der Waals surface area contributed by atoms with Crippen LogP contribution < -0.4 is 14.6 Å². The van der Waals surface area contributed by atoms with Crippen molar-refractivity contribution in [3.05, 3.63) is 89.5 Å². The largest absolute Gasteiger partial charge is 0.372 e. The van der Waals surface area contributed by atoms with Crippen molar-refractivity contribution in [1.29, 1.82) is 0 Å². The average Bonchev–Trinajstić information content (AvgIpc) is 2.85. The SMILES string of the molecule is CCN(CC)c1ccc(/C=N\NC(=O)CN(c2ccc(C)cc2)S(=O)(=O)c2ccc(C)cc2)cc1. The zero-order valence-corrected chi connectivity index (χ0v) is 21.4. The summed E-state index contributed by atoms with van der Waals surface area (Å²) in [4.78, 5) is 15.1. The number of amides is 1. The molecule has 7 nitrogen and oxygen atoms in total. The summed E-state index contributed by atoms with van der Waals surface area (Å²) in [6.07, 6.45) is 1.54. The molecule has 0 saturated heterocycles. The lowest BCUT2D eigenvalue weighted by Gasteiger charge is -2.24. The fourth-order valence-electron chi connectivity index (χ4n) is 3.57. The molecule has 3 rings (SSSR count). The number of anilines is 2. The number of hydrogen-bond donors (Lipinski definition) is 1. The van der Waals surface area contributed by atoms with E-state index in [0.717, 1.165) is 39.8 Å². The maximum absolute atomic E-state index is 13.4. The smallest absolute Gasteiger partial charge is 0.264 e. The number of rotatable bonds is 10. The van der Waals surface area contributed by atoms with Crippen LogP contribution in [0.2, 0.25) is 0 Å². The normalized spacial score (nSPS) is 11.4. The highest BCUT2D eigenvalue weighted by molar-refractivity contribution is 7.92. The van der Waals surface area contributed by atoms with Crippen molar-refractivity contribution in [2.24, 2.45) is 5.10 Å². The molecule has 0 atom stereocenters. The van der Waals surface area contributed by atoms with Gasteiger partial charge in [0.2, 0.25) is 0 Å². The molecule has 0 unspecified atom stereocenters. The second kappa shape index (κ2) is 11.7. The molecule has 0 aliphatic carbocycles. The molecule has 184 valence electrons. The van der Waals surface area contributed by atoms with Crippen LogP contribution in [0.5, 0.6) is 0 Å². The van der Waals surface area contributed by atoms with Crippen LogP contribution >= 0.6 is 0 Å². The van der Waals surface area contributed by atoms with Crippen LogP contribution in [0.15, 0.2) is 82.8 Å². The summed E-state index contributed by atoms with van der Waals surface area (Å²) in [6, 6.07) is 21.4. The molecule has 0 fully saturated rings. The molecule has 0 aliphatic heterocycles. The van der Waals surface area contributed by atoms with E-state index in [-0.39, 0.29) is 4.90 Å². The van der Waals surface area contributed by atoms with Gasteiger partial charge in [-0.15, -0.1) is 0 Å². The number of nitrogens with zero attached hydrogens (tertiary/aromatic N) is 3. The molecule has 0 spiro atoms. The van der Waals surface area contributed by atoms with Crippen LogP contribution in [-0.4, -0.2) is 40.2 Å². The second-order valence-corrected chi connectivity index (χ2v) is 10.1. The number of hydrogen-bond acceptors (Lipinski definition) is 5. The number of nitrogens with one attached hydrogen (secondary N) is 1. The number of sulfonamides is 1. The van der Waals surface area contributed by atoms with Gasteiger partial charge in [0.15, 0.2) is 0 Å². The van der Waals surface area contributed by atoms with Crippen molar-refractivity contribution < 1.29 is 13.2 Å². The molecule has 3 aromatic carbocycles. The molecule has 0 aliphatic rings. The Morgan fingerprint density at radius 2 is 1.34 bits per heavy atom. The highest BCUT2D eigenvalue weighted by atomic mass is 32.2. The van der Waals surface area contributed by atoms with Crippen LogP contribution in [0.25, 0.3) is 0 Å². The first-order chi connectivity index (χ1) is 16.7. The van der Waals surface area contributed by atoms with Gasteiger partial charge in [-0.3, -0.25) is 9.10 Å². The van der Waals surface area contributed by atoms with E-state index in [0.29, 0.717) is 5.69 Å². The van der Waals surface area contributed by atoms with E-state index in [4.69, 9.17) is 0 Å². The zero-order valence-electron chi connectivity index (χ0n) is 20.6. The van der Waals surface area contributed by atoms with E-state index in [1.54, 1.807) is 36.4 Å². The highest BCUT2D eigenvalue weighted by Gasteiger charge is 2.27. The number of hydrazone groups is 1. The van der Waals surface area contributed by atoms with Crippen LogP contribution in [-0.2, 0) is 14.8 Å². The Bertz CT molecular complexity index is 1250. The first-order valence-electron chi connectivity index (χ1n) is 11.6. The van der Waals surface area contributed by atoms with E-state index in [1.165, 1.54) is 6.21 Å². The van der Waals surface area contributed by atoms with Crippen molar-refractivity contribution in [3.63, 3.8) is 0 Å². The average molecular weight is 493 g/mol. The zero-order chi connectivity index (χ0) is 25.4. The lowest BCUT2D eigenvalue weighted by atomic mass is 10.2. The van der Waals surface area contributed by atoms with Gasteiger partial charge in [-0.2, -0.15) is 5.10 Å². The Kier molecular flexibility index (Phi) is 8.65. The van der Waals surface area contributed by atoms with Crippen molar-refractivity contribution in [2.45, 2.75) is 32.6 Å². The third-order valence-electron chi connectivity index (χ3n) is 5.64. The summed E-state index contributed by atoms with van der Waals surface area (Å²) in [5, 5.41) is 4.02. The molecule has 35 heavy (non-hydrogen) atoms. The summed E-state index contributed by atoms with van der Waals surface area (Å²) in [7, 11) is -3.96. The molecule has 1 N–H and O–H groups in total. The Balaban J connectivity index is 1.75. The van der Waals surface area contributed by atoms with Gasteiger partial charge in [-0.05, 0) is 69.7 Å². The van der Waals surface area contributed by atoms with Gasteiger partial charge in [-0.1, -0.05) is 47.5 Å². The van der Waals surface area contributed by atoms with E-state index in [2.05, 4.69) is 29.3 Å². The molecule has 0 bridgehead atoms. The Morgan fingerprint density at radius 3 is 1.89 bits per heavy atom. The van der Waals surface area contributed by atoms with E-state index < -0.39 is 22.5 Å². The lowest BCUT2D eigenvalue weighted by Crippen LogP contribution is -2.39. The predicted molar refractivity (Wildman–Crippen MR) is 143 cm³/mol. The fourth-order valence-corrected chi connectivity index (χ4v) is 4.99. The lowest BCUT2D eigenvalue weighted by molar-refractivity contribution is -0.119.